The second-order valence-electron chi connectivity index (χ2n) is 3.55. The Morgan fingerprint density at radius 2 is 2.50 bits per heavy atom. The Morgan fingerprint density at radius 1 is 1.50 bits per heavy atom. The molecular formula is C10H15N3O. The largest absolute Gasteiger partial charge is 0.381 e. The summed E-state index contributed by atoms with van der Waals surface area (Å²) in [6.07, 6.45) is 7.53. The van der Waals surface area contributed by atoms with Gasteiger partial charge in [-0.05, 0) is 18.8 Å². The van der Waals surface area contributed by atoms with Crippen molar-refractivity contribution in [1.82, 2.24) is 9.97 Å². The summed E-state index contributed by atoms with van der Waals surface area (Å²) in [6.45, 7) is 2.72. The molecule has 1 fully saturated rings. The van der Waals surface area contributed by atoms with Gasteiger partial charge in [-0.3, -0.25) is 4.98 Å². The van der Waals surface area contributed by atoms with E-state index in [1.807, 2.05) is 0 Å². The van der Waals surface area contributed by atoms with Crippen molar-refractivity contribution in [1.29, 1.82) is 0 Å². The van der Waals surface area contributed by atoms with Crippen LogP contribution in [0, 0.1) is 5.92 Å². The van der Waals surface area contributed by atoms with Crippen molar-refractivity contribution in [3.05, 3.63) is 18.6 Å². The Bertz CT molecular complexity index is 259. The van der Waals surface area contributed by atoms with Crippen LogP contribution in [0.4, 0.5) is 5.82 Å². The second kappa shape index (κ2) is 4.91. The summed E-state index contributed by atoms with van der Waals surface area (Å²) < 4.78 is 5.39. The van der Waals surface area contributed by atoms with Gasteiger partial charge in [0.15, 0.2) is 0 Å². The van der Waals surface area contributed by atoms with E-state index in [1.54, 1.807) is 18.6 Å². The lowest BCUT2D eigenvalue weighted by atomic mass is 10.0. The van der Waals surface area contributed by atoms with Crippen molar-refractivity contribution in [2.75, 3.05) is 25.1 Å². The molecule has 1 aromatic heterocycles. The normalized spacial score (nSPS) is 21.9. The SMILES string of the molecule is c1cnc(NCC2CCCOC2)cn1. The Hall–Kier alpha value is -1.16. The lowest BCUT2D eigenvalue weighted by Gasteiger charge is -2.22. The molecular weight excluding hydrogens is 178 g/mol. The third-order valence-electron chi connectivity index (χ3n) is 2.39. The molecule has 4 nitrogen and oxygen atoms in total. The van der Waals surface area contributed by atoms with E-state index < -0.39 is 0 Å². The fourth-order valence-electron chi connectivity index (χ4n) is 1.61. The van der Waals surface area contributed by atoms with Gasteiger partial charge in [0.25, 0.3) is 0 Å². The van der Waals surface area contributed by atoms with Crippen LogP contribution < -0.4 is 5.32 Å². The molecule has 0 saturated carbocycles. The summed E-state index contributed by atoms with van der Waals surface area (Å²) in [5.41, 5.74) is 0. The minimum Gasteiger partial charge on any atom is -0.381 e. The molecule has 1 N–H and O–H groups in total. The molecule has 1 saturated heterocycles. The summed E-state index contributed by atoms with van der Waals surface area (Å²) in [4.78, 5) is 8.14. The smallest absolute Gasteiger partial charge is 0.144 e. The number of hydrogen-bond acceptors (Lipinski definition) is 4. The highest BCUT2D eigenvalue weighted by Gasteiger charge is 2.13. The molecule has 76 valence electrons. The molecule has 1 aliphatic heterocycles. The third kappa shape index (κ3) is 2.67. The van der Waals surface area contributed by atoms with Crippen LogP contribution in [-0.2, 0) is 4.74 Å². The fourth-order valence-corrected chi connectivity index (χ4v) is 1.61. The van der Waals surface area contributed by atoms with Crippen molar-refractivity contribution in [3.63, 3.8) is 0 Å². The number of anilines is 1. The van der Waals surface area contributed by atoms with Gasteiger partial charge in [0.05, 0.1) is 12.8 Å². The van der Waals surface area contributed by atoms with E-state index in [2.05, 4.69) is 15.3 Å². The van der Waals surface area contributed by atoms with Crippen LogP contribution in [0.3, 0.4) is 0 Å². The van der Waals surface area contributed by atoms with Crippen LogP contribution in [0.15, 0.2) is 18.6 Å². The zero-order valence-electron chi connectivity index (χ0n) is 8.15. The molecule has 0 aliphatic carbocycles. The summed E-state index contributed by atoms with van der Waals surface area (Å²) in [5.74, 6) is 1.46. The average Bonchev–Trinajstić information content (AvgIpc) is 2.29. The molecule has 0 aromatic carbocycles. The first-order chi connectivity index (χ1) is 6.95. The fraction of sp³-hybridized carbons (Fsp3) is 0.600. The highest BCUT2D eigenvalue weighted by Crippen LogP contribution is 2.13. The van der Waals surface area contributed by atoms with Gasteiger partial charge in [-0.15, -0.1) is 0 Å². The van der Waals surface area contributed by atoms with Crippen LogP contribution >= 0.6 is 0 Å². The Kier molecular flexibility index (Phi) is 3.29. The van der Waals surface area contributed by atoms with Crippen molar-refractivity contribution in [2.24, 2.45) is 5.92 Å². The molecule has 4 heteroatoms. The van der Waals surface area contributed by atoms with E-state index in [1.165, 1.54) is 12.8 Å². The molecule has 0 spiro atoms. The number of nitrogens with one attached hydrogen (secondary N) is 1. The minimum atomic E-state index is 0.616. The molecule has 0 amide bonds. The van der Waals surface area contributed by atoms with Gasteiger partial charge in [0, 0.05) is 25.5 Å². The predicted molar refractivity (Wildman–Crippen MR) is 54.1 cm³/mol. The highest BCUT2D eigenvalue weighted by atomic mass is 16.5. The average molecular weight is 193 g/mol. The maximum Gasteiger partial charge on any atom is 0.144 e. The lowest BCUT2D eigenvalue weighted by molar-refractivity contribution is 0.0595. The standard InChI is InChI=1S/C10H15N3O/c1-2-9(8-14-5-1)6-13-10-7-11-3-4-12-10/h3-4,7,9H,1-2,5-6,8H2,(H,12,13). The van der Waals surface area contributed by atoms with Gasteiger partial charge in [-0.1, -0.05) is 0 Å². The summed E-state index contributed by atoms with van der Waals surface area (Å²) in [5, 5.41) is 3.26. The minimum absolute atomic E-state index is 0.616. The van der Waals surface area contributed by atoms with Crippen LogP contribution in [0.1, 0.15) is 12.8 Å². The summed E-state index contributed by atoms with van der Waals surface area (Å²) >= 11 is 0. The maximum absolute atomic E-state index is 5.39. The van der Waals surface area contributed by atoms with Gasteiger partial charge >= 0.3 is 0 Å². The van der Waals surface area contributed by atoms with Gasteiger partial charge in [-0.25, -0.2) is 4.98 Å². The Labute approximate surface area is 83.7 Å². The monoisotopic (exact) mass is 193 g/mol. The molecule has 1 aliphatic rings. The number of ether oxygens (including phenoxy) is 1. The van der Waals surface area contributed by atoms with Crippen LogP contribution in [-0.4, -0.2) is 29.7 Å². The number of aromatic nitrogens is 2. The summed E-state index contributed by atoms with van der Waals surface area (Å²) in [6, 6.07) is 0. The van der Waals surface area contributed by atoms with Crippen LogP contribution in [0.2, 0.25) is 0 Å². The van der Waals surface area contributed by atoms with E-state index >= 15 is 0 Å². The van der Waals surface area contributed by atoms with E-state index in [0.29, 0.717) is 5.92 Å². The quantitative estimate of drug-likeness (QED) is 0.786. The molecule has 14 heavy (non-hydrogen) atoms. The van der Waals surface area contributed by atoms with Crippen molar-refractivity contribution in [2.45, 2.75) is 12.8 Å². The van der Waals surface area contributed by atoms with E-state index in [0.717, 1.165) is 25.6 Å². The molecule has 1 unspecified atom stereocenters. The van der Waals surface area contributed by atoms with Crippen molar-refractivity contribution >= 4 is 5.82 Å². The van der Waals surface area contributed by atoms with E-state index in [-0.39, 0.29) is 0 Å². The molecule has 0 radical (unpaired) electrons. The third-order valence-corrected chi connectivity index (χ3v) is 2.39. The van der Waals surface area contributed by atoms with Crippen molar-refractivity contribution in [3.8, 4) is 0 Å². The number of nitrogens with zero attached hydrogens (tertiary/aromatic N) is 2. The second-order valence-corrected chi connectivity index (χ2v) is 3.55. The molecule has 2 heterocycles. The maximum atomic E-state index is 5.39. The lowest BCUT2D eigenvalue weighted by Crippen LogP contribution is -2.24. The molecule has 1 atom stereocenters. The van der Waals surface area contributed by atoms with Gasteiger partial charge < -0.3 is 10.1 Å². The van der Waals surface area contributed by atoms with Crippen LogP contribution in [0.25, 0.3) is 0 Å². The molecule has 2 rings (SSSR count). The Morgan fingerprint density at radius 3 is 3.21 bits per heavy atom. The summed E-state index contributed by atoms with van der Waals surface area (Å²) in [7, 11) is 0. The predicted octanol–water partition coefficient (Wildman–Crippen LogP) is 1.32. The zero-order chi connectivity index (χ0) is 9.64. The van der Waals surface area contributed by atoms with E-state index in [4.69, 9.17) is 4.74 Å². The first kappa shape index (κ1) is 9.40. The first-order valence-electron chi connectivity index (χ1n) is 5.03. The van der Waals surface area contributed by atoms with Crippen LogP contribution in [0.5, 0.6) is 0 Å². The number of rotatable bonds is 3. The zero-order valence-corrected chi connectivity index (χ0v) is 8.15. The molecule has 0 bridgehead atoms. The highest BCUT2D eigenvalue weighted by molar-refractivity contribution is 5.29. The van der Waals surface area contributed by atoms with Gasteiger partial charge in [0.1, 0.15) is 5.82 Å². The number of hydrogen-bond donors (Lipinski definition) is 1. The topological polar surface area (TPSA) is 47.0 Å². The van der Waals surface area contributed by atoms with E-state index in [9.17, 15) is 0 Å². The van der Waals surface area contributed by atoms with Gasteiger partial charge in [0.2, 0.25) is 0 Å². The Balaban J connectivity index is 1.76. The molecule has 1 aromatic rings. The van der Waals surface area contributed by atoms with Gasteiger partial charge in [-0.2, -0.15) is 0 Å². The van der Waals surface area contributed by atoms with Crippen molar-refractivity contribution < 1.29 is 4.74 Å². The first-order valence-corrected chi connectivity index (χ1v) is 5.03.